The van der Waals surface area contributed by atoms with Crippen molar-refractivity contribution in [3.05, 3.63) is 90.0 Å². The molecule has 1 N–H and O–H groups in total. The highest BCUT2D eigenvalue weighted by molar-refractivity contribution is 8.00. The normalized spacial score (nSPS) is 19.5. The molecule has 0 unspecified atom stereocenters. The summed E-state index contributed by atoms with van der Waals surface area (Å²) in [4.78, 5) is 14.6. The first kappa shape index (κ1) is 24.5. The summed E-state index contributed by atoms with van der Waals surface area (Å²) in [6.45, 7) is 1.91. The van der Waals surface area contributed by atoms with Crippen molar-refractivity contribution in [2.75, 3.05) is 7.11 Å². The Morgan fingerprint density at radius 2 is 1.65 bits per heavy atom. The van der Waals surface area contributed by atoms with Crippen LogP contribution in [-0.2, 0) is 14.8 Å². The molecule has 1 aliphatic rings. The second-order valence-corrected chi connectivity index (χ2v) is 11.6. The van der Waals surface area contributed by atoms with Crippen LogP contribution in [0.4, 0.5) is 0 Å². The smallest absolute Gasteiger partial charge is 0.241 e. The maximum Gasteiger partial charge on any atom is 0.241 e. The van der Waals surface area contributed by atoms with E-state index in [4.69, 9.17) is 4.74 Å². The molecule has 0 amide bonds. The largest absolute Gasteiger partial charge is 0.497 e. The minimum atomic E-state index is -3.85. The van der Waals surface area contributed by atoms with Crippen molar-refractivity contribution in [2.24, 2.45) is 5.92 Å². The lowest BCUT2D eigenvalue weighted by atomic mass is 9.80. The van der Waals surface area contributed by atoms with Gasteiger partial charge in [-0.3, -0.25) is 4.79 Å². The van der Waals surface area contributed by atoms with Gasteiger partial charge in [0.2, 0.25) is 10.0 Å². The second-order valence-electron chi connectivity index (χ2n) is 8.54. The van der Waals surface area contributed by atoms with E-state index in [1.165, 1.54) is 0 Å². The van der Waals surface area contributed by atoms with Gasteiger partial charge in [0.1, 0.15) is 11.5 Å². The number of ether oxygens (including phenoxy) is 1. The molecule has 3 aromatic carbocycles. The van der Waals surface area contributed by atoms with Crippen molar-refractivity contribution in [3.8, 4) is 5.75 Å². The molecule has 0 bridgehead atoms. The number of hydrogen-bond donors (Lipinski definition) is 1. The lowest BCUT2D eigenvalue weighted by Crippen LogP contribution is -2.43. The van der Waals surface area contributed by atoms with Gasteiger partial charge >= 0.3 is 0 Å². The van der Waals surface area contributed by atoms with E-state index in [2.05, 4.69) is 4.72 Å². The van der Waals surface area contributed by atoms with Crippen LogP contribution < -0.4 is 9.46 Å². The standard InChI is InChI=1S/C27H29NO4S2/c1-19-11-17-23(18-12-19)34(30,31)28-27(20-13-15-21(32-2)16-14-20)26-24(29)9-6-10-25(26)33-22-7-4-3-5-8-22/h3-5,7-8,11-18,25-28H,6,9-10H2,1-2H3/t25-,26-,27-/m0/s1. The van der Waals surface area contributed by atoms with Crippen LogP contribution in [0.2, 0.25) is 0 Å². The first-order valence-electron chi connectivity index (χ1n) is 11.3. The summed E-state index contributed by atoms with van der Waals surface area (Å²) in [5.41, 5.74) is 1.72. The summed E-state index contributed by atoms with van der Waals surface area (Å²) in [5.74, 6) is 0.272. The van der Waals surface area contributed by atoms with Gasteiger partial charge in [-0.25, -0.2) is 13.1 Å². The zero-order chi connectivity index (χ0) is 24.1. The fourth-order valence-corrected chi connectivity index (χ4v) is 7.00. The molecule has 0 radical (unpaired) electrons. The van der Waals surface area contributed by atoms with E-state index in [1.54, 1.807) is 55.3 Å². The predicted molar refractivity (Wildman–Crippen MR) is 136 cm³/mol. The van der Waals surface area contributed by atoms with Gasteiger partial charge in [-0.15, -0.1) is 11.8 Å². The maximum absolute atomic E-state index is 13.4. The summed E-state index contributed by atoms with van der Waals surface area (Å²) in [5, 5.41) is -0.0449. The lowest BCUT2D eigenvalue weighted by molar-refractivity contribution is -0.125. The molecule has 3 aromatic rings. The molecule has 7 heteroatoms. The van der Waals surface area contributed by atoms with Crippen LogP contribution in [0.15, 0.2) is 88.7 Å². The number of methoxy groups -OCH3 is 1. The highest BCUT2D eigenvalue weighted by atomic mass is 32.2. The van der Waals surface area contributed by atoms with Crippen LogP contribution in [0.3, 0.4) is 0 Å². The van der Waals surface area contributed by atoms with Crippen molar-refractivity contribution in [1.82, 2.24) is 4.72 Å². The first-order chi connectivity index (χ1) is 16.4. The van der Waals surface area contributed by atoms with Crippen molar-refractivity contribution in [1.29, 1.82) is 0 Å². The molecule has 4 rings (SSSR count). The quantitative estimate of drug-likeness (QED) is 0.443. The number of carbonyl (C=O) groups is 1. The van der Waals surface area contributed by atoms with Crippen LogP contribution in [0.1, 0.15) is 36.4 Å². The molecule has 0 heterocycles. The van der Waals surface area contributed by atoms with Crippen LogP contribution in [0, 0.1) is 12.8 Å². The van der Waals surface area contributed by atoms with Crippen LogP contribution in [0.25, 0.3) is 0 Å². The van der Waals surface area contributed by atoms with Gasteiger partial charge in [0.15, 0.2) is 0 Å². The number of nitrogens with one attached hydrogen (secondary N) is 1. The number of sulfonamides is 1. The third-order valence-corrected chi connectivity index (χ3v) is 9.00. The number of Topliss-reactive ketones (excluding diaryl/α,β-unsaturated/α-hetero) is 1. The molecule has 3 atom stereocenters. The third-order valence-electron chi connectivity index (χ3n) is 6.16. The Bertz CT molecular complexity index is 1210. The Balaban J connectivity index is 1.73. The maximum atomic E-state index is 13.4. The average molecular weight is 496 g/mol. The van der Waals surface area contributed by atoms with E-state index in [0.29, 0.717) is 12.2 Å². The van der Waals surface area contributed by atoms with Crippen LogP contribution >= 0.6 is 11.8 Å². The fourth-order valence-electron chi connectivity index (χ4n) is 4.35. The summed E-state index contributed by atoms with van der Waals surface area (Å²) in [7, 11) is -2.26. The Morgan fingerprint density at radius 1 is 0.971 bits per heavy atom. The molecule has 0 aromatic heterocycles. The third kappa shape index (κ3) is 5.71. The summed E-state index contributed by atoms with van der Waals surface area (Å²) < 4.78 is 35.0. The zero-order valence-electron chi connectivity index (χ0n) is 19.3. The fraction of sp³-hybridized carbons (Fsp3) is 0.296. The van der Waals surface area contributed by atoms with E-state index < -0.39 is 22.0 Å². The second kappa shape index (κ2) is 10.8. The Labute approximate surface area is 206 Å². The SMILES string of the molecule is COc1ccc([C@H](NS(=O)(=O)c2ccc(C)cc2)[C@H]2C(=O)CCC[C@@H]2Sc2ccccc2)cc1. The van der Waals surface area contributed by atoms with Crippen molar-refractivity contribution < 1.29 is 17.9 Å². The van der Waals surface area contributed by atoms with Gasteiger partial charge in [-0.2, -0.15) is 0 Å². The van der Waals surface area contributed by atoms with Crippen LogP contribution in [-0.4, -0.2) is 26.6 Å². The molecule has 0 saturated heterocycles. The number of hydrogen-bond acceptors (Lipinski definition) is 5. The number of benzene rings is 3. The number of rotatable bonds is 8. The topological polar surface area (TPSA) is 72.5 Å². The zero-order valence-corrected chi connectivity index (χ0v) is 20.9. The molecular weight excluding hydrogens is 466 g/mol. The Morgan fingerprint density at radius 3 is 2.29 bits per heavy atom. The molecule has 1 fully saturated rings. The summed E-state index contributed by atoms with van der Waals surface area (Å²) in [6, 6.07) is 23.3. The van der Waals surface area contributed by atoms with Gasteiger partial charge < -0.3 is 4.74 Å². The number of aryl methyl sites for hydroxylation is 1. The summed E-state index contributed by atoms with van der Waals surface area (Å²) >= 11 is 1.65. The van der Waals surface area contributed by atoms with E-state index in [0.717, 1.165) is 28.9 Å². The highest BCUT2D eigenvalue weighted by Gasteiger charge is 2.41. The monoisotopic (exact) mass is 495 g/mol. The average Bonchev–Trinajstić information content (AvgIpc) is 2.84. The highest BCUT2D eigenvalue weighted by Crippen LogP contribution is 2.42. The van der Waals surface area contributed by atoms with E-state index in [9.17, 15) is 13.2 Å². The van der Waals surface area contributed by atoms with Crippen molar-refractivity contribution in [3.63, 3.8) is 0 Å². The van der Waals surface area contributed by atoms with Crippen LogP contribution in [0.5, 0.6) is 5.75 Å². The number of thioether (sulfide) groups is 1. The van der Waals surface area contributed by atoms with Crippen molar-refractivity contribution >= 4 is 27.6 Å². The predicted octanol–water partition coefficient (Wildman–Crippen LogP) is 5.55. The molecule has 34 heavy (non-hydrogen) atoms. The molecule has 0 spiro atoms. The lowest BCUT2D eigenvalue weighted by Gasteiger charge is -2.36. The Hall–Kier alpha value is -2.61. The molecule has 1 aliphatic carbocycles. The molecule has 5 nitrogen and oxygen atoms in total. The minimum Gasteiger partial charge on any atom is -0.497 e. The molecule has 0 aliphatic heterocycles. The van der Waals surface area contributed by atoms with Gasteiger partial charge in [-0.05, 0) is 61.7 Å². The van der Waals surface area contributed by atoms with Gasteiger partial charge in [0.25, 0.3) is 0 Å². The van der Waals surface area contributed by atoms with E-state index >= 15 is 0 Å². The van der Waals surface area contributed by atoms with Gasteiger partial charge in [-0.1, -0.05) is 48.0 Å². The van der Waals surface area contributed by atoms with E-state index in [1.807, 2.05) is 49.4 Å². The summed E-state index contributed by atoms with van der Waals surface area (Å²) in [6.07, 6.45) is 2.10. The van der Waals surface area contributed by atoms with Gasteiger partial charge in [0.05, 0.1) is 24.0 Å². The Kier molecular flexibility index (Phi) is 7.76. The van der Waals surface area contributed by atoms with Gasteiger partial charge in [0, 0.05) is 16.6 Å². The molecule has 1 saturated carbocycles. The first-order valence-corrected chi connectivity index (χ1v) is 13.7. The molecule has 178 valence electrons. The van der Waals surface area contributed by atoms with E-state index in [-0.39, 0.29) is 15.9 Å². The number of ketones is 1. The molecular formula is C27H29NO4S2. The number of carbonyl (C=O) groups excluding carboxylic acids is 1. The minimum absolute atomic E-state index is 0.0449. The van der Waals surface area contributed by atoms with Crippen molar-refractivity contribution in [2.45, 2.75) is 47.3 Å².